The number of thioether (sulfide) groups is 1. The molecular weight excluding hydrogens is 216 g/mol. The number of allylic oxidation sites excluding steroid dienone is 1. The first-order chi connectivity index (χ1) is 6.47. The van der Waals surface area contributed by atoms with Crippen molar-refractivity contribution in [1.29, 1.82) is 0 Å². The highest BCUT2D eigenvalue weighted by molar-refractivity contribution is 8.22. The van der Waals surface area contributed by atoms with Gasteiger partial charge in [0.05, 0.1) is 6.10 Å². The van der Waals surface area contributed by atoms with Crippen LogP contribution >= 0.6 is 24.0 Å². The predicted octanol–water partition coefficient (Wildman–Crippen LogP) is 3.72. The molecule has 0 aromatic rings. The minimum Gasteiger partial charge on any atom is -0.462 e. The molecule has 0 amide bonds. The predicted molar refractivity (Wildman–Crippen MR) is 66.4 cm³/mol. The lowest BCUT2D eigenvalue weighted by Gasteiger charge is -2.15. The van der Waals surface area contributed by atoms with Gasteiger partial charge in [0.2, 0.25) is 4.38 Å². The highest BCUT2D eigenvalue weighted by Gasteiger charge is 2.08. The summed E-state index contributed by atoms with van der Waals surface area (Å²) in [5, 5.41) is 0. The second-order valence-corrected chi connectivity index (χ2v) is 5.11. The molecule has 0 heterocycles. The third kappa shape index (κ3) is 6.27. The van der Waals surface area contributed by atoms with Crippen molar-refractivity contribution in [2.75, 3.05) is 5.75 Å². The van der Waals surface area contributed by atoms with Crippen LogP contribution in [0.1, 0.15) is 34.6 Å². The molecule has 4 heteroatoms. The van der Waals surface area contributed by atoms with Gasteiger partial charge in [0.25, 0.3) is 5.95 Å². The zero-order valence-corrected chi connectivity index (χ0v) is 11.1. The monoisotopic (exact) mass is 234 g/mol. The Labute approximate surface area is 96.0 Å². The van der Waals surface area contributed by atoms with Gasteiger partial charge < -0.3 is 9.47 Å². The number of thiocarbonyl (C=S) groups is 1. The summed E-state index contributed by atoms with van der Waals surface area (Å²) in [6, 6.07) is 0. The fourth-order valence-electron chi connectivity index (χ4n) is 0.681. The molecule has 0 bridgehead atoms. The minimum absolute atomic E-state index is 0.106. The molecule has 0 aromatic carbocycles. The van der Waals surface area contributed by atoms with E-state index in [0.29, 0.717) is 10.3 Å². The second-order valence-electron chi connectivity index (χ2n) is 3.24. The summed E-state index contributed by atoms with van der Waals surface area (Å²) in [5.74, 6) is 1.45. The third-order valence-electron chi connectivity index (χ3n) is 1.19. The molecule has 0 saturated heterocycles. The molecule has 0 rings (SSSR count). The van der Waals surface area contributed by atoms with E-state index < -0.39 is 0 Å². The molecular formula is C10H18O2S2. The lowest BCUT2D eigenvalue weighted by atomic mass is 10.4. The topological polar surface area (TPSA) is 18.5 Å². The van der Waals surface area contributed by atoms with E-state index in [2.05, 4.69) is 0 Å². The molecule has 0 radical (unpaired) electrons. The average Bonchev–Trinajstić information content (AvgIpc) is 2.02. The van der Waals surface area contributed by atoms with E-state index >= 15 is 0 Å². The van der Waals surface area contributed by atoms with E-state index in [4.69, 9.17) is 21.7 Å². The first-order valence-corrected chi connectivity index (χ1v) is 6.05. The van der Waals surface area contributed by atoms with Crippen LogP contribution in [0, 0.1) is 0 Å². The Morgan fingerprint density at radius 1 is 1.36 bits per heavy atom. The number of rotatable bonds is 4. The van der Waals surface area contributed by atoms with Crippen LogP contribution in [0.25, 0.3) is 0 Å². The first-order valence-electron chi connectivity index (χ1n) is 4.66. The van der Waals surface area contributed by atoms with E-state index in [0.717, 1.165) is 11.3 Å². The molecule has 0 aromatic heterocycles. The van der Waals surface area contributed by atoms with E-state index in [1.165, 1.54) is 11.8 Å². The van der Waals surface area contributed by atoms with Gasteiger partial charge in [-0.3, -0.25) is 0 Å². The van der Waals surface area contributed by atoms with Gasteiger partial charge in [0, 0.05) is 5.57 Å². The highest BCUT2D eigenvalue weighted by atomic mass is 32.2. The molecule has 0 saturated carbocycles. The Balaban J connectivity index is 4.26. The molecule has 0 aliphatic carbocycles. The van der Waals surface area contributed by atoms with Crippen LogP contribution in [0.3, 0.4) is 0 Å². The molecule has 0 spiro atoms. The standard InChI is InChI=1S/C10H18O2S2/c1-6-14-10(13)12-9(7(2)3)11-8(4)5/h8H,6H2,1-5H3. The minimum atomic E-state index is 0.106. The van der Waals surface area contributed by atoms with E-state index in [9.17, 15) is 0 Å². The Morgan fingerprint density at radius 3 is 2.29 bits per heavy atom. The molecule has 0 aliphatic heterocycles. The molecule has 0 aliphatic rings. The fourth-order valence-corrected chi connectivity index (χ4v) is 1.48. The largest absolute Gasteiger partial charge is 0.462 e. The Bertz CT molecular complexity index is 218. The van der Waals surface area contributed by atoms with Crippen molar-refractivity contribution < 1.29 is 9.47 Å². The molecule has 82 valence electrons. The van der Waals surface area contributed by atoms with Crippen molar-refractivity contribution in [2.45, 2.75) is 40.7 Å². The Kier molecular flexibility index (Phi) is 7.01. The van der Waals surface area contributed by atoms with Crippen molar-refractivity contribution in [2.24, 2.45) is 0 Å². The molecule has 0 N–H and O–H groups in total. The zero-order chi connectivity index (χ0) is 11.1. The van der Waals surface area contributed by atoms with Gasteiger partial charge in [-0.15, -0.1) is 0 Å². The summed E-state index contributed by atoms with van der Waals surface area (Å²) in [7, 11) is 0. The average molecular weight is 234 g/mol. The van der Waals surface area contributed by atoms with Crippen LogP contribution in [0.5, 0.6) is 0 Å². The van der Waals surface area contributed by atoms with E-state index in [1.54, 1.807) is 0 Å². The smallest absolute Gasteiger partial charge is 0.284 e. The fraction of sp³-hybridized carbons (Fsp3) is 0.700. The van der Waals surface area contributed by atoms with Crippen LogP contribution in [0.2, 0.25) is 0 Å². The first kappa shape index (κ1) is 13.8. The normalized spacial score (nSPS) is 9.86. The summed E-state index contributed by atoms with van der Waals surface area (Å²) in [6.45, 7) is 9.84. The van der Waals surface area contributed by atoms with Crippen molar-refractivity contribution in [1.82, 2.24) is 0 Å². The summed E-state index contributed by atoms with van der Waals surface area (Å²) >= 11 is 6.53. The van der Waals surface area contributed by atoms with E-state index in [1.807, 2.05) is 34.6 Å². The maximum Gasteiger partial charge on any atom is 0.284 e. The van der Waals surface area contributed by atoms with Gasteiger partial charge in [-0.1, -0.05) is 18.7 Å². The number of hydrogen-bond donors (Lipinski definition) is 0. The summed E-state index contributed by atoms with van der Waals surface area (Å²) in [6.07, 6.45) is 0.106. The molecule has 2 nitrogen and oxygen atoms in total. The van der Waals surface area contributed by atoms with Gasteiger partial charge in [0.1, 0.15) is 0 Å². The summed E-state index contributed by atoms with van der Waals surface area (Å²) in [4.78, 5) is 0. The van der Waals surface area contributed by atoms with Crippen LogP contribution in [-0.2, 0) is 9.47 Å². The van der Waals surface area contributed by atoms with Gasteiger partial charge in [-0.05, 0) is 45.7 Å². The van der Waals surface area contributed by atoms with Crippen molar-refractivity contribution in [3.05, 3.63) is 11.5 Å². The van der Waals surface area contributed by atoms with Crippen molar-refractivity contribution >= 4 is 28.4 Å². The maximum absolute atomic E-state index is 5.49. The Morgan fingerprint density at radius 2 is 1.93 bits per heavy atom. The second kappa shape index (κ2) is 7.12. The maximum atomic E-state index is 5.49. The van der Waals surface area contributed by atoms with Gasteiger partial charge >= 0.3 is 0 Å². The Hall–Kier alpha value is -0.220. The zero-order valence-electron chi connectivity index (χ0n) is 9.42. The molecule has 0 unspecified atom stereocenters. The lowest BCUT2D eigenvalue weighted by Crippen LogP contribution is -2.09. The number of hydrogen-bond acceptors (Lipinski definition) is 4. The van der Waals surface area contributed by atoms with Crippen molar-refractivity contribution in [3.8, 4) is 0 Å². The highest BCUT2D eigenvalue weighted by Crippen LogP contribution is 2.15. The van der Waals surface area contributed by atoms with Crippen molar-refractivity contribution in [3.63, 3.8) is 0 Å². The third-order valence-corrected chi connectivity index (χ3v) is 2.23. The molecule has 0 fully saturated rings. The van der Waals surface area contributed by atoms with Gasteiger partial charge in [-0.25, -0.2) is 0 Å². The van der Waals surface area contributed by atoms with Crippen LogP contribution < -0.4 is 0 Å². The quantitative estimate of drug-likeness (QED) is 0.545. The van der Waals surface area contributed by atoms with Gasteiger partial charge in [0.15, 0.2) is 0 Å². The molecule has 0 atom stereocenters. The molecule has 14 heavy (non-hydrogen) atoms. The van der Waals surface area contributed by atoms with E-state index in [-0.39, 0.29) is 6.10 Å². The SMILES string of the molecule is CCSC(=S)OC(OC(C)C)=C(C)C. The van der Waals surface area contributed by atoms with Gasteiger partial charge in [-0.2, -0.15) is 0 Å². The van der Waals surface area contributed by atoms with Crippen LogP contribution in [-0.4, -0.2) is 16.2 Å². The summed E-state index contributed by atoms with van der Waals surface area (Å²) in [5.41, 5.74) is 0.998. The number of ether oxygens (including phenoxy) is 2. The van der Waals surface area contributed by atoms with Crippen LogP contribution in [0.15, 0.2) is 11.5 Å². The lowest BCUT2D eigenvalue weighted by molar-refractivity contribution is 0.0580. The van der Waals surface area contributed by atoms with Crippen LogP contribution in [0.4, 0.5) is 0 Å². The summed E-state index contributed by atoms with van der Waals surface area (Å²) < 4.78 is 11.4.